The second-order valence-corrected chi connectivity index (χ2v) is 5.65. The van der Waals surface area contributed by atoms with Gasteiger partial charge < -0.3 is 4.74 Å². The van der Waals surface area contributed by atoms with Gasteiger partial charge >= 0.3 is 6.36 Å². The minimum absolute atomic E-state index is 0.254. The number of ether oxygens (including phenoxy) is 1. The van der Waals surface area contributed by atoms with Gasteiger partial charge in [-0.3, -0.25) is 0 Å². The molecule has 0 fully saturated rings. The third-order valence-corrected chi connectivity index (χ3v) is 3.90. The van der Waals surface area contributed by atoms with Crippen LogP contribution in [0.15, 0.2) is 48.5 Å². The average molecular weight is 352 g/mol. The monoisotopic (exact) mass is 351 g/mol. The molecule has 0 saturated carbocycles. The Labute approximate surface area is 141 Å². The van der Waals surface area contributed by atoms with E-state index in [1.165, 1.54) is 18.2 Å². The van der Waals surface area contributed by atoms with Crippen LogP contribution in [0.25, 0.3) is 22.2 Å². The van der Waals surface area contributed by atoms with Gasteiger partial charge in [-0.25, -0.2) is 4.98 Å². The van der Waals surface area contributed by atoms with Gasteiger partial charge in [0.05, 0.1) is 11.2 Å². The fourth-order valence-corrected chi connectivity index (χ4v) is 2.68. The lowest BCUT2D eigenvalue weighted by Gasteiger charge is -2.11. The van der Waals surface area contributed by atoms with E-state index in [1.807, 2.05) is 31.2 Å². The Morgan fingerprint density at radius 3 is 2.38 bits per heavy atom. The number of rotatable bonds is 3. The Morgan fingerprint density at radius 1 is 1.04 bits per heavy atom. The normalized spacial score (nSPS) is 11.7. The first kappa shape index (κ1) is 16.6. The Hall–Kier alpha value is -2.27. The van der Waals surface area contributed by atoms with Crippen molar-refractivity contribution in [3.8, 4) is 17.0 Å². The zero-order valence-corrected chi connectivity index (χ0v) is 13.4. The topological polar surface area (TPSA) is 22.1 Å². The molecule has 24 heavy (non-hydrogen) atoms. The third-order valence-electron chi connectivity index (χ3n) is 3.59. The van der Waals surface area contributed by atoms with Crippen molar-refractivity contribution in [3.63, 3.8) is 0 Å². The van der Waals surface area contributed by atoms with Crippen molar-refractivity contribution in [1.29, 1.82) is 0 Å². The standard InChI is InChI=1S/C18H13ClF3NO/c1-11-8-14-9-15(24-18(20,21)22)6-7-16(14)23-17(11)13-4-2-12(10-19)3-5-13/h2-9H,10H2,1H3. The second kappa shape index (κ2) is 6.32. The Bertz CT molecular complexity index is 876. The molecule has 0 unspecified atom stereocenters. The fourth-order valence-electron chi connectivity index (χ4n) is 2.50. The highest BCUT2D eigenvalue weighted by atomic mass is 35.5. The number of halogens is 4. The minimum atomic E-state index is -4.71. The molecule has 0 saturated heterocycles. The van der Waals surface area contributed by atoms with Crippen LogP contribution in [0, 0.1) is 6.92 Å². The molecule has 1 heterocycles. The molecule has 2 aromatic carbocycles. The van der Waals surface area contributed by atoms with E-state index in [9.17, 15) is 13.2 Å². The molecule has 0 radical (unpaired) electrons. The lowest BCUT2D eigenvalue weighted by atomic mass is 10.0. The van der Waals surface area contributed by atoms with Gasteiger partial charge in [-0.05, 0) is 42.3 Å². The number of alkyl halides is 4. The first-order chi connectivity index (χ1) is 11.4. The molecule has 0 aliphatic heterocycles. The molecule has 0 aliphatic rings. The number of aromatic nitrogens is 1. The van der Waals surface area contributed by atoms with Gasteiger partial charge in [0.25, 0.3) is 0 Å². The summed E-state index contributed by atoms with van der Waals surface area (Å²) < 4.78 is 40.9. The molecular weight excluding hydrogens is 339 g/mol. The highest BCUT2D eigenvalue weighted by molar-refractivity contribution is 6.17. The third kappa shape index (κ3) is 3.62. The fraction of sp³-hybridized carbons (Fsp3) is 0.167. The van der Waals surface area contributed by atoms with Gasteiger partial charge in [0.15, 0.2) is 0 Å². The van der Waals surface area contributed by atoms with Gasteiger partial charge in [0.1, 0.15) is 5.75 Å². The predicted molar refractivity (Wildman–Crippen MR) is 88.2 cm³/mol. The first-order valence-corrected chi connectivity index (χ1v) is 7.71. The van der Waals surface area contributed by atoms with Crippen LogP contribution >= 0.6 is 11.6 Å². The largest absolute Gasteiger partial charge is 0.573 e. The summed E-state index contributed by atoms with van der Waals surface area (Å²) in [7, 11) is 0. The zero-order chi connectivity index (χ0) is 17.3. The van der Waals surface area contributed by atoms with Crippen LogP contribution < -0.4 is 4.74 Å². The number of benzene rings is 2. The summed E-state index contributed by atoms with van der Waals surface area (Å²) in [4.78, 5) is 4.57. The van der Waals surface area contributed by atoms with Gasteiger partial charge in [0, 0.05) is 16.8 Å². The smallest absolute Gasteiger partial charge is 0.406 e. The van der Waals surface area contributed by atoms with Crippen molar-refractivity contribution in [2.45, 2.75) is 19.2 Å². The van der Waals surface area contributed by atoms with Crippen LogP contribution in [0.3, 0.4) is 0 Å². The second-order valence-electron chi connectivity index (χ2n) is 5.39. The van der Waals surface area contributed by atoms with E-state index in [0.29, 0.717) is 16.8 Å². The molecule has 6 heteroatoms. The number of hydrogen-bond acceptors (Lipinski definition) is 2. The molecule has 124 valence electrons. The van der Waals surface area contributed by atoms with Crippen LogP contribution in [0.5, 0.6) is 5.75 Å². The Balaban J connectivity index is 2.02. The maximum Gasteiger partial charge on any atom is 0.573 e. The summed E-state index contributed by atoms with van der Waals surface area (Å²) in [6.45, 7) is 1.87. The van der Waals surface area contributed by atoms with E-state index in [4.69, 9.17) is 11.6 Å². The summed E-state index contributed by atoms with van der Waals surface area (Å²) in [6.07, 6.45) is -4.71. The Kier molecular flexibility index (Phi) is 4.37. The molecule has 1 aromatic heterocycles. The molecule has 0 bridgehead atoms. The van der Waals surface area contributed by atoms with Crippen molar-refractivity contribution < 1.29 is 17.9 Å². The van der Waals surface area contributed by atoms with Crippen LogP contribution in [0.4, 0.5) is 13.2 Å². The first-order valence-electron chi connectivity index (χ1n) is 7.18. The molecule has 3 aromatic rings. The molecule has 0 amide bonds. The summed E-state index contributed by atoms with van der Waals surface area (Å²) in [6, 6.07) is 13.6. The summed E-state index contributed by atoms with van der Waals surface area (Å²) in [5.41, 5.74) is 4.19. The average Bonchev–Trinajstić information content (AvgIpc) is 2.53. The number of hydrogen-bond donors (Lipinski definition) is 0. The number of aryl methyl sites for hydroxylation is 1. The van der Waals surface area contributed by atoms with Gasteiger partial charge in [-0.1, -0.05) is 24.3 Å². The number of nitrogens with zero attached hydrogens (tertiary/aromatic N) is 1. The highest BCUT2D eigenvalue weighted by Crippen LogP contribution is 2.29. The van der Waals surface area contributed by atoms with E-state index in [0.717, 1.165) is 22.4 Å². The van der Waals surface area contributed by atoms with Crippen LogP contribution in [0.2, 0.25) is 0 Å². The van der Waals surface area contributed by atoms with Crippen LogP contribution in [-0.4, -0.2) is 11.3 Å². The number of pyridine rings is 1. The van der Waals surface area contributed by atoms with Crippen molar-refractivity contribution in [2.75, 3.05) is 0 Å². The van der Waals surface area contributed by atoms with Crippen molar-refractivity contribution in [2.24, 2.45) is 0 Å². The van der Waals surface area contributed by atoms with Crippen LogP contribution in [-0.2, 0) is 5.88 Å². The molecule has 0 atom stereocenters. The van der Waals surface area contributed by atoms with E-state index < -0.39 is 6.36 Å². The zero-order valence-electron chi connectivity index (χ0n) is 12.7. The predicted octanol–water partition coefficient (Wildman–Crippen LogP) is 5.85. The Morgan fingerprint density at radius 2 is 1.75 bits per heavy atom. The lowest BCUT2D eigenvalue weighted by Crippen LogP contribution is -2.17. The summed E-state index contributed by atoms with van der Waals surface area (Å²) in [5, 5.41) is 0.593. The van der Waals surface area contributed by atoms with E-state index in [1.54, 1.807) is 6.07 Å². The SMILES string of the molecule is Cc1cc2cc(OC(F)(F)F)ccc2nc1-c1ccc(CCl)cc1. The van der Waals surface area contributed by atoms with E-state index in [2.05, 4.69) is 9.72 Å². The lowest BCUT2D eigenvalue weighted by molar-refractivity contribution is -0.274. The van der Waals surface area contributed by atoms with Crippen LogP contribution in [0.1, 0.15) is 11.1 Å². The molecule has 0 N–H and O–H groups in total. The maximum atomic E-state index is 12.3. The molecular formula is C18H13ClF3NO. The summed E-state index contributed by atoms with van der Waals surface area (Å²) >= 11 is 5.79. The highest BCUT2D eigenvalue weighted by Gasteiger charge is 2.31. The maximum absolute atomic E-state index is 12.3. The van der Waals surface area contributed by atoms with Crippen molar-refractivity contribution >= 4 is 22.5 Å². The van der Waals surface area contributed by atoms with Crippen molar-refractivity contribution in [3.05, 3.63) is 59.7 Å². The van der Waals surface area contributed by atoms with Gasteiger partial charge in [-0.15, -0.1) is 24.8 Å². The quantitative estimate of drug-likeness (QED) is 0.552. The van der Waals surface area contributed by atoms with Gasteiger partial charge in [0.2, 0.25) is 0 Å². The molecule has 3 rings (SSSR count). The van der Waals surface area contributed by atoms with E-state index >= 15 is 0 Å². The minimum Gasteiger partial charge on any atom is -0.406 e. The van der Waals surface area contributed by atoms with E-state index in [-0.39, 0.29) is 5.75 Å². The van der Waals surface area contributed by atoms with Crippen molar-refractivity contribution in [1.82, 2.24) is 4.98 Å². The molecule has 0 spiro atoms. The number of fused-ring (bicyclic) bond motifs is 1. The molecule has 2 nitrogen and oxygen atoms in total. The summed E-state index contributed by atoms with van der Waals surface area (Å²) in [5.74, 6) is 0.183. The van der Waals surface area contributed by atoms with Gasteiger partial charge in [-0.2, -0.15) is 0 Å². The molecule has 0 aliphatic carbocycles.